The minimum Gasteiger partial charge on any atom is -0.487 e. The van der Waals surface area contributed by atoms with Gasteiger partial charge in [0.2, 0.25) is 0 Å². The van der Waals surface area contributed by atoms with Crippen LogP contribution in [-0.2, 0) is 6.18 Å². The third kappa shape index (κ3) is 3.87. The zero-order chi connectivity index (χ0) is 15.5. The molecule has 2 nitrogen and oxygen atoms in total. The van der Waals surface area contributed by atoms with Gasteiger partial charge in [-0.25, -0.2) is 4.39 Å². The first-order chi connectivity index (χ1) is 9.86. The molecule has 0 spiro atoms. The second kappa shape index (κ2) is 6.22. The Bertz CT molecular complexity index is 483. The first kappa shape index (κ1) is 16.1. The van der Waals surface area contributed by atoms with Gasteiger partial charge in [-0.3, -0.25) is 0 Å². The van der Waals surface area contributed by atoms with E-state index in [1.165, 1.54) is 6.07 Å². The van der Waals surface area contributed by atoms with Crippen LogP contribution in [0.3, 0.4) is 0 Å². The maximum Gasteiger partial charge on any atom is 0.419 e. The lowest BCUT2D eigenvalue weighted by Crippen LogP contribution is -2.45. The highest BCUT2D eigenvalue weighted by Crippen LogP contribution is 2.41. The van der Waals surface area contributed by atoms with Crippen molar-refractivity contribution < 1.29 is 22.3 Å². The fourth-order valence-corrected chi connectivity index (χ4v) is 2.50. The Labute approximate surface area is 121 Å². The molecule has 0 aromatic heterocycles. The number of rotatable bonds is 6. The van der Waals surface area contributed by atoms with Crippen molar-refractivity contribution in [3.8, 4) is 5.75 Å². The summed E-state index contributed by atoms with van der Waals surface area (Å²) < 4.78 is 57.1. The highest BCUT2D eigenvalue weighted by molar-refractivity contribution is 5.32. The summed E-state index contributed by atoms with van der Waals surface area (Å²) in [7, 11) is 0. The Kier molecular flexibility index (Phi) is 4.76. The molecule has 0 amide bonds. The number of alkyl halides is 3. The summed E-state index contributed by atoms with van der Waals surface area (Å²) in [5.74, 6) is -1.19. The molecule has 1 aliphatic carbocycles. The molecule has 0 heterocycles. The fourth-order valence-electron chi connectivity index (χ4n) is 2.50. The van der Waals surface area contributed by atoms with E-state index in [9.17, 15) is 17.6 Å². The first-order valence-corrected chi connectivity index (χ1v) is 7.13. The van der Waals surface area contributed by atoms with E-state index in [0.29, 0.717) is 0 Å². The number of benzene rings is 1. The fraction of sp³-hybridized carbons (Fsp3) is 0.600. The van der Waals surface area contributed by atoms with Gasteiger partial charge in [0.15, 0.2) is 0 Å². The lowest BCUT2D eigenvalue weighted by Gasteiger charge is -2.42. The van der Waals surface area contributed by atoms with E-state index in [0.717, 1.165) is 50.9 Å². The van der Waals surface area contributed by atoms with Gasteiger partial charge < -0.3 is 10.1 Å². The average molecular weight is 305 g/mol. The Morgan fingerprint density at radius 3 is 2.52 bits per heavy atom. The molecule has 2 rings (SSSR count). The second-order valence-electron chi connectivity index (χ2n) is 5.38. The molecular weight excluding hydrogens is 286 g/mol. The van der Waals surface area contributed by atoms with E-state index in [1.54, 1.807) is 0 Å². The molecule has 6 heteroatoms. The number of hydrogen-bond donors (Lipinski definition) is 1. The maximum absolute atomic E-state index is 13.3. The van der Waals surface area contributed by atoms with Crippen molar-refractivity contribution in [2.24, 2.45) is 0 Å². The molecule has 0 atom stereocenters. The van der Waals surface area contributed by atoms with E-state index in [2.05, 4.69) is 5.32 Å². The third-order valence-corrected chi connectivity index (χ3v) is 3.85. The van der Waals surface area contributed by atoms with Gasteiger partial charge in [-0.15, -0.1) is 0 Å². The van der Waals surface area contributed by atoms with Crippen molar-refractivity contribution in [2.75, 3.05) is 13.1 Å². The number of ether oxygens (including phenoxy) is 1. The standard InChI is InChI=1S/C15H19F4NO/c1-2-20-9-8-14(6-3-7-14)21-11-4-5-13(16)12(10-11)15(17,18)19/h4-5,10,20H,2-3,6-9H2,1H3. The SMILES string of the molecule is CCNCCC1(Oc2ccc(F)c(C(F)(F)F)c2)CCC1. The molecule has 1 aromatic carbocycles. The molecule has 0 aliphatic heterocycles. The molecular formula is C15H19F4NO. The zero-order valence-electron chi connectivity index (χ0n) is 11.9. The van der Waals surface area contributed by atoms with E-state index in [1.807, 2.05) is 6.92 Å². The van der Waals surface area contributed by atoms with Crippen LogP contribution in [0, 0.1) is 5.82 Å². The lowest BCUT2D eigenvalue weighted by atomic mass is 9.77. The van der Waals surface area contributed by atoms with Crippen molar-refractivity contribution >= 4 is 0 Å². The van der Waals surface area contributed by atoms with Gasteiger partial charge in [0.05, 0.1) is 5.56 Å². The molecule has 0 radical (unpaired) electrons. The van der Waals surface area contributed by atoms with E-state index in [4.69, 9.17) is 4.74 Å². The van der Waals surface area contributed by atoms with Crippen LogP contribution in [0.4, 0.5) is 17.6 Å². The van der Waals surface area contributed by atoms with Gasteiger partial charge >= 0.3 is 6.18 Å². The Morgan fingerprint density at radius 2 is 2.00 bits per heavy atom. The van der Waals surface area contributed by atoms with Gasteiger partial charge in [-0.05, 0) is 57.0 Å². The highest BCUT2D eigenvalue weighted by Gasteiger charge is 2.40. The van der Waals surface area contributed by atoms with E-state index >= 15 is 0 Å². The molecule has 0 saturated heterocycles. The molecule has 21 heavy (non-hydrogen) atoms. The summed E-state index contributed by atoms with van der Waals surface area (Å²) in [6.45, 7) is 3.58. The quantitative estimate of drug-likeness (QED) is 0.630. The summed E-state index contributed by atoms with van der Waals surface area (Å²) >= 11 is 0. The second-order valence-corrected chi connectivity index (χ2v) is 5.38. The smallest absolute Gasteiger partial charge is 0.419 e. The van der Waals surface area contributed by atoms with E-state index in [-0.39, 0.29) is 5.75 Å². The molecule has 1 saturated carbocycles. The summed E-state index contributed by atoms with van der Waals surface area (Å²) in [5, 5.41) is 3.18. The number of halogens is 4. The van der Waals surface area contributed by atoms with Crippen molar-refractivity contribution in [1.29, 1.82) is 0 Å². The molecule has 1 fully saturated rings. The van der Waals surface area contributed by atoms with Crippen molar-refractivity contribution in [2.45, 2.75) is 44.4 Å². The van der Waals surface area contributed by atoms with Crippen LogP contribution in [0.15, 0.2) is 18.2 Å². The van der Waals surface area contributed by atoms with Crippen molar-refractivity contribution in [3.63, 3.8) is 0 Å². The highest BCUT2D eigenvalue weighted by atomic mass is 19.4. The van der Waals surface area contributed by atoms with Gasteiger partial charge in [0.25, 0.3) is 0 Å². The van der Waals surface area contributed by atoms with Crippen LogP contribution in [0.25, 0.3) is 0 Å². The number of nitrogens with one attached hydrogen (secondary N) is 1. The van der Waals surface area contributed by atoms with Crippen LogP contribution < -0.4 is 10.1 Å². The summed E-state index contributed by atoms with van der Waals surface area (Å²) in [6, 6.07) is 2.83. The molecule has 1 N–H and O–H groups in total. The minimum absolute atomic E-state index is 0.0833. The van der Waals surface area contributed by atoms with Gasteiger partial charge in [0, 0.05) is 0 Å². The Morgan fingerprint density at radius 1 is 1.29 bits per heavy atom. The predicted molar refractivity (Wildman–Crippen MR) is 71.8 cm³/mol. The maximum atomic E-state index is 13.3. The van der Waals surface area contributed by atoms with Crippen LogP contribution in [0.1, 0.15) is 38.2 Å². The zero-order valence-corrected chi connectivity index (χ0v) is 11.9. The molecule has 1 aliphatic rings. The van der Waals surface area contributed by atoms with Crippen molar-refractivity contribution in [3.05, 3.63) is 29.6 Å². The van der Waals surface area contributed by atoms with E-state index < -0.39 is 23.2 Å². The summed E-state index contributed by atoms with van der Waals surface area (Å²) in [4.78, 5) is 0. The topological polar surface area (TPSA) is 21.3 Å². The summed E-state index contributed by atoms with van der Waals surface area (Å²) in [6.07, 6.45) is -1.34. The number of hydrogen-bond acceptors (Lipinski definition) is 2. The van der Waals surface area contributed by atoms with Crippen molar-refractivity contribution in [1.82, 2.24) is 5.32 Å². The monoisotopic (exact) mass is 305 g/mol. The predicted octanol–water partition coefficient (Wildman–Crippen LogP) is 4.15. The average Bonchev–Trinajstić information content (AvgIpc) is 2.36. The normalized spacial score (nSPS) is 17.4. The lowest BCUT2D eigenvalue weighted by molar-refractivity contribution is -0.140. The van der Waals surface area contributed by atoms with Gasteiger partial charge in [0.1, 0.15) is 17.2 Å². The Hall–Kier alpha value is -1.30. The molecule has 1 aromatic rings. The molecule has 118 valence electrons. The van der Waals surface area contributed by atoms with Crippen LogP contribution in [0.2, 0.25) is 0 Å². The summed E-state index contributed by atoms with van der Waals surface area (Å²) in [5.41, 5.74) is -1.69. The molecule has 0 unspecified atom stereocenters. The Balaban J connectivity index is 2.11. The van der Waals surface area contributed by atoms with Gasteiger partial charge in [-0.2, -0.15) is 13.2 Å². The van der Waals surface area contributed by atoms with Crippen LogP contribution >= 0.6 is 0 Å². The van der Waals surface area contributed by atoms with Gasteiger partial charge in [-0.1, -0.05) is 6.92 Å². The third-order valence-electron chi connectivity index (χ3n) is 3.85. The first-order valence-electron chi connectivity index (χ1n) is 7.13. The van der Waals surface area contributed by atoms with Crippen LogP contribution in [0.5, 0.6) is 5.75 Å². The largest absolute Gasteiger partial charge is 0.487 e. The minimum atomic E-state index is -4.71. The van der Waals surface area contributed by atoms with Crippen LogP contribution in [-0.4, -0.2) is 18.7 Å². The molecule has 0 bridgehead atoms.